The molecule has 0 atom stereocenters. The minimum atomic E-state index is -0.740. The number of para-hydroxylation sites is 1. The normalized spacial score (nSPS) is 14.2. The van der Waals surface area contributed by atoms with Crippen LogP contribution < -0.4 is 15.6 Å². The van der Waals surface area contributed by atoms with Crippen LogP contribution in [0.3, 0.4) is 0 Å². The van der Waals surface area contributed by atoms with Crippen LogP contribution in [-0.4, -0.2) is 48.3 Å². The Balaban J connectivity index is 1.98. The van der Waals surface area contributed by atoms with Crippen LogP contribution in [0.15, 0.2) is 47.4 Å². The van der Waals surface area contributed by atoms with Gasteiger partial charge in [-0.05, 0) is 25.1 Å². The molecule has 7 nitrogen and oxygen atoms in total. The van der Waals surface area contributed by atoms with Crippen molar-refractivity contribution in [3.63, 3.8) is 0 Å². The zero-order valence-corrected chi connectivity index (χ0v) is 16.0. The lowest BCUT2D eigenvalue weighted by atomic mass is 10.1. The van der Waals surface area contributed by atoms with Gasteiger partial charge in [0.25, 0.3) is 0 Å². The van der Waals surface area contributed by atoms with Gasteiger partial charge in [0, 0.05) is 38.1 Å². The van der Waals surface area contributed by atoms with Crippen molar-refractivity contribution in [2.45, 2.75) is 6.92 Å². The van der Waals surface area contributed by atoms with Crippen molar-refractivity contribution in [1.82, 2.24) is 14.9 Å². The number of rotatable bonds is 4. The number of nitrogens with one attached hydrogen (secondary N) is 1. The molecule has 1 aliphatic heterocycles. The molecule has 0 saturated carbocycles. The van der Waals surface area contributed by atoms with Gasteiger partial charge >= 0.3 is 5.97 Å². The summed E-state index contributed by atoms with van der Waals surface area (Å²) in [6.07, 6.45) is 1.42. The molecule has 0 aliphatic carbocycles. The molecule has 0 unspecified atom stereocenters. The van der Waals surface area contributed by atoms with Crippen LogP contribution in [0, 0.1) is 5.82 Å². The second kappa shape index (κ2) is 8.00. The number of carbonyl (C=O) groups excluding carboxylic acids is 1. The Labute approximate surface area is 166 Å². The van der Waals surface area contributed by atoms with Crippen LogP contribution in [0.25, 0.3) is 16.7 Å². The van der Waals surface area contributed by atoms with E-state index < -0.39 is 17.2 Å². The Bertz CT molecular complexity index is 1110. The van der Waals surface area contributed by atoms with Gasteiger partial charge in [-0.15, -0.1) is 0 Å². The largest absolute Gasteiger partial charge is 0.462 e. The molecule has 2 aromatic heterocycles. The van der Waals surface area contributed by atoms with Gasteiger partial charge in [0.2, 0.25) is 5.43 Å². The predicted octanol–water partition coefficient (Wildman–Crippen LogP) is 2.11. The van der Waals surface area contributed by atoms with Gasteiger partial charge in [-0.3, -0.25) is 4.79 Å². The van der Waals surface area contributed by atoms with E-state index in [1.165, 1.54) is 12.3 Å². The highest BCUT2D eigenvalue weighted by Crippen LogP contribution is 2.24. The number of halogens is 1. The number of benzene rings is 1. The SMILES string of the molecule is CCOC(=O)c1cn(-c2ccccc2)c2nc(N3CCNCC3)c(F)cc2c1=O. The van der Waals surface area contributed by atoms with Gasteiger partial charge in [-0.1, -0.05) is 18.2 Å². The summed E-state index contributed by atoms with van der Waals surface area (Å²) in [7, 11) is 0. The molecule has 4 rings (SSSR count). The molecule has 1 saturated heterocycles. The fraction of sp³-hybridized carbons (Fsp3) is 0.286. The number of fused-ring (bicyclic) bond motifs is 1. The Kier molecular flexibility index (Phi) is 5.26. The highest BCUT2D eigenvalue weighted by atomic mass is 19.1. The maximum absolute atomic E-state index is 14.9. The number of hydrogen-bond donors (Lipinski definition) is 1. The van der Waals surface area contributed by atoms with Crippen LogP contribution in [0.4, 0.5) is 10.2 Å². The molecule has 3 aromatic rings. The molecule has 8 heteroatoms. The highest BCUT2D eigenvalue weighted by molar-refractivity contribution is 5.93. The van der Waals surface area contributed by atoms with E-state index in [-0.39, 0.29) is 23.4 Å². The summed E-state index contributed by atoms with van der Waals surface area (Å²) in [6, 6.07) is 10.4. The molecule has 0 bridgehead atoms. The van der Waals surface area contributed by atoms with Crippen molar-refractivity contribution in [2.24, 2.45) is 0 Å². The minimum Gasteiger partial charge on any atom is -0.462 e. The Morgan fingerprint density at radius 3 is 2.66 bits per heavy atom. The summed E-state index contributed by atoms with van der Waals surface area (Å²) in [5, 5.41) is 3.26. The molecule has 1 fully saturated rings. The number of ether oxygens (including phenoxy) is 1. The smallest absolute Gasteiger partial charge is 0.343 e. The third-order valence-electron chi connectivity index (χ3n) is 4.86. The number of carbonyl (C=O) groups is 1. The number of anilines is 1. The number of esters is 1. The Hall–Kier alpha value is -3.26. The van der Waals surface area contributed by atoms with Crippen molar-refractivity contribution in [3.8, 4) is 5.69 Å². The molecular formula is C21H21FN4O3. The summed E-state index contributed by atoms with van der Waals surface area (Å²) in [4.78, 5) is 31.6. The predicted molar refractivity (Wildman–Crippen MR) is 108 cm³/mol. The van der Waals surface area contributed by atoms with E-state index in [9.17, 15) is 14.0 Å². The number of nitrogens with zero attached hydrogens (tertiary/aromatic N) is 3. The van der Waals surface area contributed by atoms with E-state index in [2.05, 4.69) is 10.3 Å². The van der Waals surface area contributed by atoms with Crippen molar-refractivity contribution in [1.29, 1.82) is 0 Å². The van der Waals surface area contributed by atoms with Crippen LogP contribution in [0.2, 0.25) is 0 Å². The maximum Gasteiger partial charge on any atom is 0.343 e. The molecule has 29 heavy (non-hydrogen) atoms. The van der Waals surface area contributed by atoms with Crippen molar-refractivity contribution in [3.05, 3.63) is 64.2 Å². The molecule has 1 aliphatic rings. The number of aromatic nitrogens is 2. The van der Waals surface area contributed by atoms with Gasteiger partial charge in [0.15, 0.2) is 17.3 Å². The van der Waals surface area contributed by atoms with E-state index in [1.54, 1.807) is 11.5 Å². The zero-order chi connectivity index (χ0) is 20.4. The summed E-state index contributed by atoms with van der Waals surface area (Å²) in [6.45, 7) is 4.49. The van der Waals surface area contributed by atoms with Crippen molar-refractivity contribution < 1.29 is 13.9 Å². The van der Waals surface area contributed by atoms with Crippen LogP contribution >= 0.6 is 0 Å². The molecule has 3 heterocycles. The summed E-state index contributed by atoms with van der Waals surface area (Å²) in [5.74, 6) is -1.13. The van der Waals surface area contributed by atoms with E-state index in [0.717, 1.165) is 13.1 Å². The standard InChI is InChI=1S/C21H21FN4O3/c1-2-29-21(28)16-13-26(14-6-4-3-5-7-14)19-15(18(16)27)12-17(22)20(24-19)25-10-8-23-9-11-25/h3-7,12-13,23H,2,8-11H2,1H3. The second-order valence-electron chi connectivity index (χ2n) is 6.70. The number of pyridine rings is 2. The highest BCUT2D eigenvalue weighted by Gasteiger charge is 2.22. The van der Waals surface area contributed by atoms with Gasteiger partial charge in [-0.25, -0.2) is 14.2 Å². The van der Waals surface area contributed by atoms with Crippen LogP contribution in [0.5, 0.6) is 0 Å². The molecule has 0 amide bonds. The van der Waals surface area contributed by atoms with Gasteiger partial charge in [0.05, 0.1) is 12.0 Å². The van der Waals surface area contributed by atoms with E-state index in [4.69, 9.17) is 4.74 Å². The number of piperazine rings is 1. The van der Waals surface area contributed by atoms with Gasteiger partial charge < -0.3 is 19.5 Å². The van der Waals surface area contributed by atoms with Crippen LogP contribution in [0.1, 0.15) is 17.3 Å². The second-order valence-corrected chi connectivity index (χ2v) is 6.70. The van der Waals surface area contributed by atoms with Gasteiger partial charge in [0.1, 0.15) is 5.56 Å². The van der Waals surface area contributed by atoms with E-state index in [0.29, 0.717) is 24.4 Å². The van der Waals surface area contributed by atoms with E-state index in [1.807, 2.05) is 35.2 Å². The molecule has 0 radical (unpaired) electrons. The first kappa shape index (κ1) is 19.1. The lowest BCUT2D eigenvalue weighted by molar-refractivity contribution is 0.0524. The van der Waals surface area contributed by atoms with Crippen molar-refractivity contribution in [2.75, 3.05) is 37.7 Å². The molecule has 0 spiro atoms. The molecule has 1 aromatic carbocycles. The minimum absolute atomic E-state index is 0.0378. The third kappa shape index (κ3) is 3.58. The zero-order valence-electron chi connectivity index (χ0n) is 16.0. The first-order valence-electron chi connectivity index (χ1n) is 9.54. The lowest BCUT2D eigenvalue weighted by Crippen LogP contribution is -2.44. The lowest BCUT2D eigenvalue weighted by Gasteiger charge is -2.29. The average Bonchev–Trinajstić information content (AvgIpc) is 2.75. The monoisotopic (exact) mass is 396 g/mol. The molecule has 1 N–H and O–H groups in total. The van der Waals surface area contributed by atoms with Crippen LogP contribution in [-0.2, 0) is 4.74 Å². The Morgan fingerprint density at radius 2 is 1.97 bits per heavy atom. The molecule has 150 valence electrons. The van der Waals surface area contributed by atoms with Gasteiger partial charge in [-0.2, -0.15) is 0 Å². The first-order chi connectivity index (χ1) is 14.1. The average molecular weight is 396 g/mol. The topological polar surface area (TPSA) is 76.5 Å². The number of hydrogen-bond acceptors (Lipinski definition) is 6. The fourth-order valence-corrected chi connectivity index (χ4v) is 3.45. The van der Waals surface area contributed by atoms with E-state index >= 15 is 0 Å². The molecular weight excluding hydrogens is 375 g/mol. The fourth-order valence-electron chi connectivity index (χ4n) is 3.45. The van der Waals surface area contributed by atoms with Crippen molar-refractivity contribution >= 4 is 22.8 Å². The summed E-state index contributed by atoms with van der Waals surface area (Å²) >= 11 is 0. The summed E-state index contributed by atoms with van der Waals surface area (Å²) < 4.78 is 21.6. The quantitative estimate of drug-likeness (QED) is 0.681. The Morgan fingerprint density at radius 1 is 1.24 bits per heavy atom. The third-order valence-corrected chi connectivity index (χ3v) is 4.86. The maximum atomic E-state index is 14.9. The summed E-state index contributed by atoms with van der Waals surface area (Å²) in [5.41, 5.74) is 0.251. The first-order valence-corrected chi connectivity index (χ1v) is 9.54.